The van der Waals surface area contributed by atoms with Crippen LogP contribution in [0, 0.1) is 0 Å². The summed E-state index contributed by atoms with van der Waals surface area (Å²) in [6, 6.07) is 6.79. The second-order valence-electron chi connectivity index (χ2n) is 13.3. The minimum Gasteiger partial charge on any atom is -1.00 e. The molecule has 0 fully saturated rings. The third-order valence-corrected chi connectivity index (χ3v) is 10.9. The Morgan fingerprint density at radius 1 is 0.714 bits per heavy atom. The van der Waals surface area contributed by atoms with Crippen LogP contribution in [0.2, 0.25) is 0 Å². The Morgan fingerprint density at radius 2 is 1.33 bits per heavy atom. The van der Waals surface area contributed by atoms with Crippen LogP contribution in [0.1, 0.15) is 128 Å². The molecule has 0 spiro atoms. The monoisotopic (exact) mass is 724 g/mol. The molecule has 5 heterocycles. The van der Waals surface area contributed by atoms with Crippen LogP contribution in [0.25, 0.3) is 11.6 Å². The van der Waals surface area contributed by atoms with Crippen molar-refractivity contribution < 1.29 is 29.5 Å². The molecule has 0 aliphatic carbocycles. The quantitative estimate of drug-likeness (QED) is 0.256. The average molecular weight is 726 g/mol. The van der Waals surface area contributed by atoms with Gasteiger partial charge in [-0.05, 0) is 90.9 Å². The van der Waals surface area contributed by atoms with E-state index in [2.05, 4.69) is 111 Å². The number of aliphatic imine (C=N–C) groups is 3. The molecule has 4 aliphatic rings. The fourth-order valence-electron chi connectivity index (χ4n) is 8.57. The van der Waals surface area contributed by atoms with Crippen LogP contribution in [0.15, 0.2) is 79.1 Å². The summed E-state index contributed by atoms with van der Waals surface area (Å²) in [5.41, 5.74) is 19.9. The summed E-state index contributed by atoms with van der Waals surface area (Å²) in [4.78, 5) is 24.2. The van der Waals surface area contributed by atoms with Crippen molar-refractivity contribution in [1.82, 2.24) is 9.88 Å². The van der Waals surface area contributed by atoms with Gasteiger partial charge in [0.15, 0.2) is 0 Å². The van der Waals surface area contributed by atoms with E-state index in [1.165, 1.54) is 39.0 Å². The molecule has 1 aromatic carbocycles. The Morgan fingerprint density at radius 3 is 1.90 bits per heavy atom. The van der Waals surface area contributed by atoms with Gasteiger partial charge in [-0.3, -0.25) is 4.99 Å². The van der Waals surface area contributed by atoms with E-state index < -0.39 is 0 Å². The van der Waals surface area contributed by atoms with Crippen LogP contribution >= 0.6 is 0 Å². The first-order chi connectivity index (χ1) is 22.7. The van der Waals surface area contributed by atoms with Gasteiger partial charge in [0.1, 0.15) is 0 Å². The molecule has 4 aliphatic heterocycles. The Labute approximate surface area is 311 Å². The van der Waals surface area contributed by atoms with Gasteiger partial charge in [0.25, 0.3) is 0 Å². The molecule has 263 valence electrons. The van der Waals surface area contributed by atoms with Gasteiger partial charge in [0.2, 0.25) is 0 Å². The van der Waals surface area contributed by atoms with Gasteiger partial charge in [-0.1, -0.05) is 90.8 Å². The molecule has 7 heteroatoms. The SMILES string of the molecule is CCC1=C(CC)C2=NC1=Cc1[n-]c(c(CC)c1CC)/C(=C\N(C)C)C1=Nc3c(cccc3C1(CC)CC)C1=NC(=C2)C(CC)=C1CC.[Cl-].[Cu+2]. The van der Waals surface area contributed by atoms with Gasteiger partial charge in [-0.25, -0.2) is 9.98 Å². The minimum atomic E-state index is -0.226. The van der Waals surface area contributed by atoms with Crippen molar-refractivity contribution in [3.8, 4) is 0 Å². The van der Waals surface area contributed by atoms with Gasteiger partial charge in [0, 0.05) is 31.3 Å². The molecule has 2 aromatic rings. The van der Waals surface area contributed by atoms with Crippen molar-refractivity contribution >= 4 is 34.5 Å². The normalized spacial score (nSPS) is 18.2. The maximum Gasteiger partial charge on any atom is 2.00 e. The first-order valence-corrected chi connectivity index (χ1v) is 18.1. The summed E-state index contributed by atoms with van der Waals surface area (Å²) < 4.78 is 0. The van der Waals surface area contributed by atoms with E-state index in [1.54, 1.807) is 0 Å². The Hall–Kier alpha value is -3.18. The summed E-state index contributed by atoms with van der Waals surface area (Å²) in [5.74, 6) is 0. The number of halogens is 1. The van der Waals surface area contributed by atoms with Crippen molar-refractivity contribution in [2.24, 2.45) is 15.0 Å². The average Bonchev–Trinajstić information content (AvgIpc) is 3.81. The molecular weight excluding hydrogens is 673 g/mol. The van der Waals surface area contributed by atoms with E-state index in [0.717, 1.165) is 108 Å². The van der Waals surface area contributed by atoms with Crippen molar-refractivity contribution in [3.63, 3.8) is 0 Å². The number of fused-ring (bicyclic) bond motifs is 5. The predicted octanol–water partition coefficient (Wildman–Crippen LogP) is 7.25. The number of rotatable bonds is 9. The molecule has 0 atom stereocenters. The third kappa shape index (κ3) is 6.02. The number of hydrogen-bond acceptors (Lipinski definition) is 4. The van der Waals surface area contributed by atoms with E-state index in [-0.39, 0.29) is 34.9 Å². The summed E-state index contributed by atoms with van der Waals surface area (Å²) in [6.07, 6.45) is 14.3. The zero-order valence-electron chi connectivity index (χ0n) is 31.0. The topological polar surface area (TPSA) is 54.4 Å². The maximum absolute atomic E-state index is 5.70. The standard InChI is InChI=1S/C42H52N5.ClH.Cu/c1-11-25-26(12-2)35-23-37-28(14-4)30(16-6)39(45-37)32(24-47(9)10)41-42(17-7,18-8)33-21-19-20-31(40(33)46-41)38-29(15-5)27(13-3)36(44-38)22-34(25)43-35;;/h19-24H,11-18H2,1-10H3;1H;/q-1;;+2/p-1/b32-24+,35-23?,36-22?;;. The van der Waals surface area contributed by atoms with Gasteiger partial charge in [0.05, 0.1) is 34.2 Å². The minimum absolute atomic E-state index is 0. The predicted molar refractivity (Wildman–Crippen MR) is 201 cm³/mol. The molecule has 1 aromatic heterocycles. The van der Waals surface area contributed by atoms with Crippen molar-refractivity contribution in [1.29, 1.82) is 0 Å². The molecule has 1 radical (unpaired) electrons. The molecule has 0 saturated carbocycles. The first kappa shape index (κ1) is 38.6. The van der Waals surface area contributed by atoms with Crippen molar-refractivity contribution in [2.75, 3.05) is 14.1 Å². The van der Waals surface area contributed by atoms with Gasteiger partial charge < -0.3 is 22.3 Å². The number of nitrogens with zero attached hydrogens (tertiary/aromatic N) is 5. The number of allylic oxidation sites excluding steroid dienone is 6. The fraction of sp³-hybridized carbons (Fsp3) is 0.452. The van der Waals surface area contributed by atoms with E-state index in [4.69, 9.17) is 20.0 Å². The summed E-state index contributed by atoms with van der Waals surface area (Å²) in [5, 5.41) is 0. The van der Waals surface area contributed by atoms with Crippen LogP contribution in [-0.4, -0.2) is 36.1 Å². The molecule has 49 heavy (non-hydrogen) atoms. The van der Waals surface area contributed by atoms with Crippen LogP contribution in [0.3, 0.4) is 0 Å². The van der Waals surface area contributed by atoms with Crippen LogP contribution in [0.5, 0.6) is 0 Å². The number of para-hydroxylation sites is 1. The maximum atomic E-state index is 5.70. The van der Waals surface area contributed by atoms with Crippen LogP contribution < -0.4 is 17.4 Å². The van der Waals surface area contributed by atoms with Crippen LogP contribution in [-0.2, 0) is 35.3 Å². The number of benzene rings is 1. The number of hydrogen-bond donors (Lipinski definition) is 0. The molecule has 0 N–H and O–H groups in total. The summed E-state index contributed by atoms with van der Waals surface area (Å²) in [6.45, 7) is 18.2. The summed E-state index contributed by atoms with van der Waals surface area (Å²) >= 11 is 0. The second kappa shape index (κ2) is 15.4. The molecule has 0 unspecified atom stereocenters. The Bertz CT molecular complexity index is 1880. The molecule has 8 bridgehead atoms. The first-order valence-electron chi connectivity index (χ1n) is 18.1. The third-order valence-electron chi connectivity index (χ3n) is 10.9. The van der Waals surface area contributed by atoms with E-state index in [1.807, 2.05) is 0 Å². The molecule has 0 saturated heterocycles. The van der Waals surface area contributed by atoms with Crippen molar-refractivity contribution in [3.05, 3.63) is 97.8 Å². The van der Waals surface area contributed by atoms with Gasteiger partial charge in [-0.15, -0.1) is 11.4 Å². The molecule has 6 rings (SSSR count). The van der Waals surface area contributed by atoms with Gasteiger partial charge >= 0.3 is 17.1 Å². The van der Waals surface area contributed by atoms with E-state index in [0.29, 0.717) is 0 Å². The van der Waals surface area contributed by atoms with Gasteiger partial charge in [-0.2, -0.15) is 0 Å². The largest absolute Gasteiger partial charge is 2.00 e. The van der Waals surface area contributed by atoms with E-state index in [9.17, 15) is 0 Å². The second-order valence-corrected chi connectivity index (χ2v) is 13.3. The van der Waals surface area contributed by atoms with E-state index >= 15 is 0 Å². The Kier molecular flexibility index (Phi) is 12.1. The van der Waals surface area contributed by atoms with Crippen molar-refractivity contribution in [2.45, 2.75) is 112 Å². The molecular formula is C42H52ClCuN5. The zero-order valence-corrected chi connectivity index (χ0v) is 32.7. The Balaban J connectivity index is 0.00000270. The summed E-state index contributed by atoms with van der Waals surface area (Å²) in [7, 11) is 4.23. The zero-order chi connectivity index (χ0) is 33.6. The number of aromatic nitrogens is 1. The molecule has 0 amide bonds. The molecule has 5 nitrogen and oxygen atoms in total. The van der Waals surface area contributed by atoms with Crippen LogP contribution in [0.4, 0.5) is 5.69 Å². The smallest absolute Gasteiger partial charge is 1.00 e. The fourth-order valence-corrected chi connectivity index (χ4v) is 8.57.